The number of benzene rings is 1. The summed E-state index contributed by atoms with van der Waals surface area (Å²) in [7, 11) is 0. The van der Waals surface area contributed by atoms with E-state index in [9.17, 15) is 4.79 Å². The normalized spacial score (nSPS) is 12.0. The average Bonchev–Trinajstić information content (AvgIpc) is 2.18. The lowest BCUT2D eigenvalue weighted by atomic mass is 10.1. The highest BCUT2D eigenvalue weighted by Gasteiger charge is 1.90. The monoisotopic (exact) mass is 186 g/mol. The van der Waals surface area contributed by atoms with E-state index in [4.69, 9.17) is 0 Å². The maximum atomic E-state index is 10.6. The van der Waals surface area contributed by atoms with E-state index in [1.54, 1.807) is 19.1 Å². The van der Waals surface area contributed by atoms with Gasteiger partial charge in [-0.05, 0) is 31.1 Å². The van der Waals surface area contributed by atoms with Gasteiger partial charge in [0.1, 0.15) is 0 Å². The molecule has 0 atom stereocenters. The van der Waals surface area contributed by atoms with Crippen LogP contribution < -0.4 is 0 Å². The molecule has 1 nitrogen and oxygen atoms in total. The van der Waals surface area contributed by atoms with Crippen molar-refractivity contribution >= 4 is 11.4 Å². The maximum absolute atomic E-state index is 10.6. The molecule has 0 bridgehead atoms. The van der Waals surface area contributed by atoms with Gasteiger partial charge < -0.3 is 0 Å². The van der Waals surface area contributed by atoms with Crippen molar-refractivity contribution in [1.82, 2.24) is 0 Å². The van der Waals surface area contributed by atoms with Crippen molar-refractivity contribution < 1.29 is 4.79 Å². The molecular formula is C13H14O. The zero-order valence-electron chi connectivity index (χ0n) is 8.53. The van der Waals surface area contributed by atoms with Gasteiger partial charge in [-0.2, -0.15) is 0 Å². The molecule has 1 aromatic carbocycles. The zero-order chi connectivity index (χ0) is 10.4. The smallest absolute Gasteiger partial charge is 0.152 e. The van der Waals surface area contributed by atoms with Crippen molar-refractivity contribution in [2.24, 2.45) is 0 Å². The molecule has 0 radical (unpaired) electrons. The fourth-order valence-corrected chi connectivity index (χ4v) is 1.13. The quantitative estimate of drug-likeness (QED) is 0.523. The first-order chi connectivity index (χ1) is 6.70. The summed E-state index contributed by atoms with van der Waals surface area (Å²) in [6, 6.07) is 10.1. The van der Waals surface area contributed by atoms with Gasteiger partial charge in [-0.15, -0.1) is 0 Å². The van der Waals surface area contributed by atoms with Crippen LogP contribution in [0.3, 0.4) is 0 Å². The highest BCUT2D eigenvalue weighted by Crippen LogP contribution is 2.12. The molecule has 0 aliphatic carbocycles. The third kappa shape index (κ3) is 3.40. The Kier molecular flexibility index (Phi) is 3.86. The minimum atomic E-state index is 0.0714. The third-order valence-corrected chi connectivity index (χ3v) is 1.91. The second-order valence-electron chi connectivity index (χ2n) is 3.19. The Balaban J connectivity index is 2.75. The summed E-state index contributed by atoms with van der Waals surface area (Å²) in [6.07, 6.45) is 5.29. The molecule has 0 aromatic heterocycles. The van der Waals surface area contributed by atoms with Crippen LogP contribution in [0.4, 0.5) is 0 Å². The summed E-state index contributed by atoms with van der Waals surface area (Å²) in [5, 5.41) is 0. The van der Waals surface area contributed by atoms with Gasteiger partial charge in [0, 0.05) is 0 Å². The van der Waals surface area contributed by atoms with Crippen LogP contribution in [0.2, 0.25) is 0 Å². The molecule has 0 aliphatic heterocycles. The minimum absolute atomic E-state index is 0.0714. The Morgan fingerprint density at radius 2 is 1.79 bits per heavy atom. The van der Waals surface area contributed by atoms with Crippen molar-refractivity contribution in [3.05, 3.63) is 54.1 Å². The number of carbonyl (C=O) groups excluding carboxylic acids is 1. The van der Waals surface area contributed by atoms with Crippen LogP contribution in [0.5, 0.6) is 0 Å². The standard InChI is InChI=1S/C13H14O/c1-11(7-6-8-12(2)14)13-9-4-3-5-10-13/h3-10H,1-2H3/b8-6+,11-7+. The van der Waals surface area contributed by atoms with E-state index in [1.165, 1.54) is 5.56 Å². The summed E-state index contributed by atoms with van der Waals surface area (Å²) >= 11 is 0. The van der Waals surface area contributed by atoms with Gasteiger partial charge in [0.2, 0.25) is 0 Å². The number of hydrogen-bond acceptors (Lipinski definition) is 1. The Morgan fingerprint density at radius 1 is 1.14 bits per heavy atom. The number of hydrogen-bond donors (Lipinski definition) is 0. The number of rotatable bonds is 3. The van der Waals surface area contributed by atoms with Crippen LogP contribution in [0.15, 0.2) is 48.6 Å². The highest BCUT2D eigenvalue weighted by atomic mass is 16.1. The van der Waals surface area contributed by atoms with Crippen molar-refractivity contribution in [2.45, 2.75) is 13.8 Å². The molecule has 0 spiro atoms. The number of carbonyl (C=O) groups is 1. The maximum Gasteiger partial charge on any atom is 0.152 e. The first-order valence-corrected chi connectivity index (χ1v) is 4.61. The predicted molar refractivity (Wildman–Crippen MR) is 59.9 cm³/mol. The zero-order valence-corrected chi connectivity index (χ0v) is 8.53. The molecule has 0 amide bonds. The van der Waals surface area contributed by atoms with Crippen LogP contribution in [0, 0.1) is 0 Å². The lowest BCUT2D eigenvalue weighted by Gasteiger charge is -1.98. The average molecular weight is 186 g/mol. The summed E-state index contributed by atoms with van der Waals surface area (Å²) < 4.78 is 0. The first kappa shape index (κ1) is 10.5. The molecule has 0 fully saturated rings. The van der Waals surface area contributed by atoms with Gasteiger partial charge in [0.05, 0.1) is 0 Å². The molecule has 1 aromatic rings. The minimum Gasteiger partial charge on any atom is -0.295 e. The topological polar surface area (TPSA) is 17.1 Å². The van der Waals surface area contributed by atoms with E-state index in [2.05, 4.69) is 0 Å². The molecular weight excluding hydrogens is 172 g/mol. The molecule has 1 rings (SSSR count). The van der Waals surface area contributed by atoms with E-state index >= 15 is 0 Å². The Morgan fingerprint density at radius 3 is 2.36 bits per heavy atom. The van der Waals surface area contributed by atoms with E-state index in [0.717, 1.165) is 5.57 Å². The van der Waals surface area contributed by atoms with Crippen molar-refractivity contribution in [3.8, 4) is 0 Å². The summed E-state index contributed by atoms with van der Waals surface area (Å²) in [6.45, 7) is 3.57. The lowest BCUT2D eigenvalue weighted by molar-refractivity contribution is -0.112. The van der Waals surface area contributed by atoms with E-state index in [1.807, 2.05) is 43.3 Å². The third-order valence-electron chi connectivity index (χ3n) is 1.91. The van der Waals surface area contributed by atoms with Gasteiger partial charge in [0.25, 0.3) is 0 Å². The molecule has 0 aliphatic rings. The van der Waals surface area contributed by atoms with Crippen LogP contribution >= 0.6 is 0 Å². The van der Waals surface area contributed by atoms with Crippen molar-refractivity contribution in [3.63, 3.8) is 0 Å². The Bertz CT molecular complexity index is 358. The van der Waals surface area contributed by atoms with Crippen LogP contribution in [-0.2, 0) is 4.79 Å². The predicted octanol–water partition coefficient (Wildman–Crippen LogP) is 3.24. The molecule has 14 heavy (non-hydrogen) atoms. The van der Waals surface area contributed by atoms with Crippen molar-refractivity contribution in [2.75, 3.05) is 0 Å². The second kappa shape index (κ2) is 5.18. The van der Waals surface area contributed by atoms with Crippen LogP contribution in [0.25, 0.3) is 5.57 Å². The highest BCUT2D eigenvalue weighted by molar-refractivity contribution is 5.87. The van der Waals surface area contributed by atoms with Crippen LogP contribution in [0.1, 0.15) is 19.4 Å². The van der Waals surface area contributed by atoms with Gasteiger partial charge in [-0.1, -0.05) is 42.5 Å². The molecule has 0 unspecified atom stereocenters. The lowest BCUT2D eigenvalue weighted by Crippen LogP contribution is -1.79. The van der Waals surface area contributed by atoms with Gasteiger partial charge >= 0.3 is 0 Å². The van der Waals surface area contributed by atoms with E-state index in [0.29, 0.717) is 0 Å². The Hall–Kier alpha value is -1.63. The van der Waals surface area contributed by atoms with E-state index in [-0.39, 0.29) is 5.78 Å². The van der Waals surface area contributed by atoms with E-state index < -0.39 is 0 Å². The first-order valence-electron chi connectivity index (χ1n) is 4.61. The molecule has 72 valence electrons. The molecule has 0 N–H and O–H groups in total. The fourth-order valence-electron chi connectivity index (χ4n) is 1.13. The summed E-state index contributed by atoms with van der Waals surface area (Å²) in [5.74, 6) is 0.0714. The summed E-state index contributed by atoms with van der Waals surface area (Å²) in [5.41, 5.74) is 2.34. The second-order valence-corrected chi connectivity index (χ2v) is 3.19. The van der Waals surface area contributed by atoms with Gasteiger partial charge in [-0.25, -0.2) is 0 Å². The summed E-state index contributed by atoms with van der Waals surface area (Å²) in [4.78, 5) is 10.6. The SMILES string of the molecule is CC(=O)/C=C/C=C(\C)c1ccccc1. The molecule has 1 heteroatoms. The molecule has 0 heterocycles. The Labute approximate surface area is 84.8 Å². The molecule has 0 saturated carbocycles. The van der Waals surface area contributed by atoms with Crippen molar-refractivity contribution in [1.29, 1.82) is 0 Å². The molecule has 0 saturated heterocycles. The van der Waals surface area contributed by atoms with Gasteiger partial charge in [-0.3, -0.25) is 4.79 Å². The fraction of sp³-hybridized carbons (Fsp3) is 0.154. The van der Waals surface area contributed by atoms with Gasteiger partial charge in [0.15, 0.2) is 5.78 Å². The van der Waals surface area contributed by atoms with Crippen LogP contribution in [-0.4, -0.2) is 5.78 Å². The number of ketones is 1. The number of allylic oxidation sites excluding steroid dienone is 4. The largest absolute Gasteiger partial charge is 0.295 e.